The number of pyridine rings is 1. The van der Waals surface area contributed by atoms with Crippen molar-refractivity contribution in [1.29, 1.82) is 0 Å². The lowest BCUT2D eigenvalue weighted by Crippen LogP contribution is -2.44. The maximum Gasteiger partial charge on any atom is 0.129 e. The van der Waals surface area contributed by atoms with E-state index in [0.29, 0.717) is 16.5 Å². The van der Waals surface area contributed by atoms with Gasteiger partial charge >= 0.3 is 0 Å². The van der Waals surface area contributed by atoms with Gasteiger partial charge in [-0.3, -0.25) is 0 Å². The number of rotatable bonds is 4. The van der Waals surface area contributed by atoms with E-state index in [4.69, 9.17) is 16.7 Å². The van der Waals surface area contributed by atoms with Gasteiger partial charge in [0.2, 0.25) is 0 Å². The Morgan fingerprint density at radius 1 is 1.38 bits per heavy atom. The standard InChI is InChI=1S/C11H17ClN2O2/c1-11(2,7-16)14(3)10-5-4-8(12)9(6-15)13-10/h4-5,15-16H,6-7H2,1-3H3. The summed E-state index contributed by atoms with van der Waals surface area (Å²) in [5.74, 6) is 0.674. The number of halogens is 1. The van der Waals surface area contributed by atoms with Crippen LogP contribution >= 0.6 is 11.6 Å². The third-order valence-electron chi connectivity index (χ3n) is 2.69. The maximum atomic E-state index is 9.26. The Morgan fingerprint density at radius 2 is 2.00 bits per heavy atom. The van der Waals surface area contributed by atoms with E-state index < -0.39 is 5.54 Å². The predicted octanol–water partition coefficient (Wildman–Crippen LogP) is 1.43. The lowest BCUT2D eigenvalue weighted by atomic mass is 10.1. The summed E-state index contributed by atoms with van der Waals surface area (Å²) in [5, 5.41) is 18.8. The predicted molar refractivity (Wildman–Crippen MR) is 64.7 cm³/mol. The Kier molecular flexibility index (Phi) is 4.13. The molecule has 0 aliphatic heterocycles. The molecule has 0 aliphatic carbocycles. The zero-order valence-electron chi connectivity index (χ0n) is 9.74. The second kappa shape index (κ2) is 4.99. The number of aliphatic hydroxyl groups excluding tert-OH is 2. The van der Waals surface area contributed by atoms with E-state index in [1.165, 1.54) is 0 Å². The van der Waals surface area contributed by atoms with Crippen LogP contribution in [0.1, 0.15) is 19.5 Å². The summed E-state index contributed by atoms with van der Waals surface area (Å²) in [6.07, 6.45) is 0. The molecule has 1 aromatic heterocycles. The van der Waals surface area contributed by atoms with Crippen LogP contribution in [0.4, 0.5) is 5.82 Å². The molecule has 5 heteroatoms. The van der Waals surface area contributed by atoms with Gasteiger partial charge < -0.3 is 15.1 Å². The van der Waals surface area contributed by atoms with Crippen LogP contribution in [0.5, 0.6) is 0 Å². The topological polar surface area (TPSA) is 56.6 Å². The Balaban J connectivity index is 3.05. The summed E-state index contributed by atoms with van der Waals surface area (Å²) < 4.78 is 0. The van der Waals surface area contributed by atoms with Gasteiger partial charge in [-0.05, 0) is 26.0 Å². The smallest absolute Gasteiger partial charge is 0.129 e. The van der Waals surface area contributed by atoms with Crippen molar-refractivity contribution in [2.75, 3.05) is 18.6 Å². The molecule has 0 fully saturated rings. The maximum absolute atomic E-state index is 9.26. The largest absolute Gasteiger partial charge is 0.394 e. The minimum absolute atomic E-state index is 0.0161. The van der Waals surface area contributed by atoms with Crippen LogP contribution in [-0.2, 0) is 6.61 Å². The van der Waals surface area contributed by atoms with Crippen LogP contribution in [-0.4, -0.2) is 34.4 Å². The molecule has 0 radical (unpaired) electrons. The van der Waals surface area contributed by atoms with Crippen LogP contribution in [0.2, 0.25) is 5.02 Å². The number of nitrogens with zero attached hydrogens (tertiary/aromatic N) is 2. The van der Waals surface area contributed by atoms with Crippen molar-refractivity contribution in [2.45, 2.75) is 26.0 Å². The van der Waals surface area contributed by atoms with E-state index >= 15 is 0 Å². The fraction of sp³-hybridized carbons (Fsp3) is 0.545. The fourth-order valence-electron chi connectivity index (χ4n) is 1.19. The molecule has 0 atom stereocenters. The Hall–Kier alpha value is -0.840. The first-order valence-electron chi connectivity index (χ1n) is 5.03. The number of hydrogen-bond acceptors (Lipinski definition) is 4. The van der Waals surface area contributed by atoms with Gasteiger partial charge in [0.25, 0.3) is 0 Å². The van der Waals surface area contributed by atoms with Crippen molar-refractivity contribution >= 4 is 17.4 Å². The molecular weight excluding hydrogens is 228 g/mol. The van der Waals surface area contributed by atoms with Crippen molar-refractivity contribution in [1.82, 2.24) is 4.98 Å². The highest BCUT2D eigenvalue weighted by atomic mass is 35.5. The highest BCUT2D eigenvalue weighted by Gasteiger charge is 2.24. The Bertz CT molecular complexity index is 369. The van der Waals surface area contributed by atoms with Crippen LogP contribution in [0.3, 0.4) is 0 Å². The third kappa shape index (κ3) is 2.64. The number of aliphatic hydroxyl groups is 2. The molecule has 0 amide bonds. The molecular formula is C11H17ClN2O2. The van der Waals surface area contributed by atoms with Gasteiger partial charge in [0.05, 0.1) is 29.5 Å². The molecule has 0 aliphatic rings. The Labute approximate surface area is 100 Å². The number of hydrogen-bond donors (Lipinski definition) is 2. The summed E-state index contributed by atoms with van der Waals surface area (Å²) >= 11 is 5.86. The summed E-state index contributed by atoms with van der Waals surface area (Å²) in [5.41, 5.74) is 0.0350. The van der Waals surface area contributed by atoms with Gasteiger partial charge in [-0.1, -0.05) is 11.6 Å². The molecule has 0 saturated heterocycles. The van der Waals surface area contributed by atoms with Gasteiger partial charge in [-0.25, -0.2) is 4.98 Å². The summed E-state index contributed by atoms with van der Waals surface area (Å²) in [4.78, 5) is 6.09. The molecule has 90 valence electrons. The molecule has 1 aromatic rings. The first-order chi connectivity index (χ1) is 7.42. The monoisotopic (exact) mass is 244 g/mol. The minimum Gasteiger partial charge on any atom is -0.394 e. The normalized spacial score (nSPS) is 11.6. The highest BCUT2D eigenvalue weighted by molar-refractivity contribution is 6.31. The van der Waals surface area contributed by atoms with E-state index in [0.717, 1.165) is 0 Å². The van der Waals surface area contributed by atoms with E-state index in [2.05, 4.69) is 4.98 Å². The van der Waals surface area contributed by atoms with Gasteiger partial charge in [-0.2, -0.15) is 0 Å². The number of anilines is 1. The van der Waals surface area contributed by atoms with Crippen LogP contribution in [0, 0.1) is 0 Å². The molecule has 0 aromatic carbocycles. The van der Waals surface area contributed by atoms with Crippen LogP contribution in [0.25, 0.3) is 0 Å². The fourth-order valence-corrected chi connectivity index (χ4v) is 1.35. The van der Waals surface area contributed by atoms with E-state index in [1.807, 2.05) is 25.8 Å². The van der Waals surface area contributed by atoms with E-state index in [1.54, 1.807) is 12.1 Å². The highest BCUT2D eigenvalue weighted by Crippen LogP contribution is 2.23. The van der Waals surface area contributed by atoms with E-state index in [-0.39, 0.29) is 13.2 Å². The quantitative estimate of drug-likeness (QED) is 0.842. The molecule has 0 saturated carbocycles. The summed E-state index contributed by atoms with van der Waals surface area (Å²) in [7, 11) is 1.84. The van der Waals surface area contributed by atoms with Crippen molar-refractivity contribution in [2.24, 2.45) is 0 Å². The molecule has 0 unspecified atom stereocenters. The second-order valence-electron chi connectivity index (χ2n) is 4.29. The number of aromatic nitrogens is 1. The summed E-state index contributed by atoms with van der Waals surface area (Å²) in [6, 6.07) is 3.46. The zero-order chi connectivity index (χ0) is 12.3. The number of likely N-dealkylation sites (N-methyl/N-ethyl adjacent to an activating group) is 1. The van der Waals surface area contributed by atoms with Crippen molar-refractivity contribution in [3.05, 3.63) is 22.8 Å². The van der Waals surface area contributed by atoms with Gasteiger partial charge in [0, 0.05) is 7.05 Å². The van der Waals surface area contributed by atoms with Crippen LogP contribution in [0.15, 0.2) is 12.1 Å². The lowest BCUT2D eigenvalue weighted by Gasteiger charge is -2.35. The van der Waals surface area contributed by atoms with Crippen molar-refractivity contribution in [3.63, 3.8) is 0 Å². The molecule has 2 N–H and O–H groups in total. The molecule has 1 rings (SSSR count). The van der Waals surface area contributed by atoms with Gasteiger partial charge in [0.1, 0.15) is 5.82 Å². The molecule has 16 heavy (non-hydrogen) atoms. The van der Waals surface area contributed by atoms with E-state index in [9.17, 15) is 5.11 Å². The molecule has 0 spiro atoms. The average Bonchev–Trinajstić information content (AvgIpc) is 2.28. The third-order valence-corrected chi connectivity index (χ3v) is 3.04. The first kappa shape index (κ1) is 13.2. The first-order valence-corrected chi connectivity index (χ1v) is 5.41. The summed E-state index contributed by atoms with van der Waals surface area (Å²) in [6.45, 7) is 3.63. The molecule has 1 heterocycles. The molecule has 0 bridgehead atoms. The second-order valence-corrected chi connectivity index (χ2v) is 4.69. The average molecular weight is 245 g/mol. The van der Waals surface area contributed by atoms with Crippen LogP contribution < -0.4 is 4.90 Å². The van der Waals surface area contributed by atoms with Crippen molar-refractivity contribution in [3.8, 4) is 0 Å². The molecule has 4 nitrogen and oxygen atoms in total. The Morgan fingerprint density at radius 3 is 2.50 bits per heavy atom. The van der Waals surface area contributed by atoms with Gasteiger partial charge in [-0.15, -0.1) is 0 Å². The van der Waals surface area contributed by atoms with Crippen molar-refractivity contribution < 1.29 is 10.2 Å². The minimum atomic E-state index is -0.409. The zero-order valence-corrected chi connectivity index (χ0v) is 10.5. The lowest BCUT2D eigenvalue weighted by molar-refractivity contribution is 0.215. The SMILES string of the molecule is CN(c1ccc(Cl)c(CO)n1)C(C)(C)CO. The van der Waals surface area contributed by atoms with Gasteiger partial charge in [0.15, 0.2) is 0 Å².